The molecule has 0 saturated carbocycles. The maximum Gasteiger partial charge on any atom is 0.416 e. The summed E-state index contributed by atoms with van der Waals surface area (Å²) in [5.41, 5.74) is -1.96. The maximum atomic E-state index is 13.9. The highest BCUT2D eigenvalue weighted by Crippen LogP contribution is 2.38. The molecule has 0 heterocycles. The number of anilines is 1. The Morgan fingerprint density at radius 3 is 2.00 bits per heavy atom. The van der Waals surface area contributed by atoms with E-state index in [-0.39, 0.29) is 24.4 Å². The van der Waals surface area contributed by atoms with Crippen molar-refractivity contribution >= 4 is 5.69 Å². The second-order valence-corrected chi connectivity index (χ2v) is 5.35. The van der Waals surface area contributed by atoms with Crippen LogP contribution in [0.4, 0.5) is 36.4 Å². The lowest BCUT2D eigenvalue weighted by Gasteiger charge is -2.16. The Kier molecular flexibility index (Phi) is 6.16. The fourth-order valence-corrected chi connectivity index (χ4v) is 1.97. The number of aliphatic hydroxyl groups excluding tert-OH is 2. The summed E-state index contributed by atoms with van der Waals surface area (Å²) in [6.45, 7) is -1.04. The first-order valence-electron chi connectivity index (χ1n) is 7.29. The molecule has 2 aromatic rings. The van der Waals surface area contributed by atoms with Crippen LogP contribution in [0.15, 0.2) is 24.3 Å². The largest absolute Gasteiger partial charge is 0.449 e. The number of aliphatic hydroxyl groups is 2. The van der Waals surface area contributed by atoms with Gasteiger partial charge in [0, 0.05) is 18.7 Å². The number of ether oxygens (including phenoxy) is 1. The molecule has 0 fully saturated rings. The fourth-order valence-electron chi connectivity index (χ4n) is 1.97. The van der Waals surface area contributed by atoms with Crippen molar-refractivity contribution in [3.8, 4) is 11.5 Å². The fraction of sp³-hybridized carbons (Fsp3) is 0.250. The zero-order valence-electron chi connectivity index (χ0n) is 13.2. The monoisotopic (exact) mass is 399 g/mol. The summed E-state index contributed by atoms with van der Waals surface area (Å²) >= 11 is 0. The number of halogens is 7. The predicted octanol–water partition coefficient (Wildman–Crippen LogP) is 3.82. The number of hydrogen-bond acceptors (Lipinski definition) is 4. The minimum absolute atomic E-state index is 0.0130. The van der Waals surface area contributed by atoms with Crippen LogP contribution in [0.3, 0.4) is 0 Å². The van der Waals surface area contributed by atoms with Crippen molar-refractivity contribution in [2.75, 3.05) is 18.5 Å². The number of rotatable bonds is 6. The molecule has 0 bridgehead atoms. The Hall–Kier alpha value is -2.53. The molecular formula is C16H12F7NO3. The van der Waals surface area contributed by atoms with Crippen molar-refractivity contribution in [2.24, 2.45) is 0 Å². The summed E-state index contributed by atoms with van der Waals surface area (Å²) in [6.07, 6.45) is -6.31. The van der Waals surface area contributed by atoms with E-state index < -0.39 is 59.2 Å². The third-order valence-electron chi connectivity index (χ3n) is 3.30. The lowest BCUT2D eigenvalue weighted by molar-refractivity contribution is -0.138. The SMILES string of the molecule is OCC(O)CNc1cc(F)c(F)cc1Oc1c(F)cc(C(F)(F)F)cc1F. The summed E-state index contributed by atoms with van der Waals surface area (Å²) in [5.74, 6) is -8.17. The van der Waals surface area contributed by atoms with Crippen molar-refractivity contribution in [3.63, 3.8) is 0 Å². The van der Waals surface area contributed by atoms with Gasteiger partial charge in [0.15, 0.2) is 34.8 Å². The van der Waals surface area contributed by atoms with Gasteiger partial charge in [-0.1, -0.05) is 0 Å². The van der Waals surface area contributed by atoms with E-state index in [1.807, 2.05) is 0 Å². The van der Waals surface area contributed by atoms with Crippen LogP contribution >= 0.6 is 0 Å². The van der Waals surface area contributed by atoms with E-state index in [1.165, 1.54) is 0 Å². The average Bonchev–Trinajstić information content (AvgIpc) is 2.58. The Morgan fingerprint density at radius 2 is 1.48 bits per heavy atom. The Labute approximate surface area is 147 Å². The quantitative estimate of drug-likeness (QED) is 0.647. The highest BCUT2D eigenvalue weighted by molar-refractivity contribution is 5.58. The highest BCUT2D eigenvalue weighted by atomic mass is 19.4. The molecule has 0 amide bonds. The molecule has 0 aliphatic rings. The van der Waals surface area contributed by atoms with Crippen molar-refractivity contribution in [1.82, 2.24) is 0 Å². The van der Waals surface area contributed by atoms with Crippen LogP contribution < -0.4 is 10.1 Å². The zero-order chi connectivity index (χ0) is 20.4. The molecule has 0 aromatic heterocycles. The molecule has 4 nitrogen and oxygen atoms in total. The third-order valence-corrected chi connectivity index (χ3v) is 3.30. The Bertz CT molecular complexity index is 803. The molecule has 1 unspecified atom stereocenters. The van der Waals surface area contributed by atoms with E-state index in [0.717, 1.165) is 0 Å². The van der Waals surface area contributed by atoms with E-state index in [0.29, 0.717) is 12.1 Å². The van der Waals surface area contributed by atoms with Crippen LogP contribution in [0.2, 0.25) is 0 Å². The van der Waals surface area contributed by atoms with Gasteiger partial charge in [-0.05, 0) is 12.1 Å². The van der Waals surface area contributed by atoms with E-state index in [2.05, 4.69) is 5.32 Å². The first-order valence-corrected chi connectivity index (χ1v) is 7.29. The van der Waals surface area contributed by atoms with Gasteiger partial charge < -0.3 is 20.3 Å². The highest BCUT2D eigenvalue weighted by Gasteiger charge is 2.33. The molecule has 27 heavy (non-hydrogen) atoms. The summed E-state index contributed by atoms with van der Waals surface area (Å²) in [7, 11) is 0. The van der Waals surface area contributed by atoms with Crippen molar-refractivity contribution in [1.29, 1.82) is 0 Å². The number of nitrogens with one attached hydrogen (secondary N) is 1. The number of hydrogen-bond donors (Lipinski definition) is 3. The van der Waals surface area contributed by atoms with Gasteiger partial charge >= 0.3 is 6.18 Å². The average molecular weight is 399 g/mol. The summed E-state index contributed by atoms with van der Waals surface area (Å²) in [6, 6.07) is 0.940. The zero-order valence-corrected chi connectivity index (χ0v) is 13.2. The second-order valence-electron chi connectivity index (χ2n) is 5.35. The minimum Gasteiger partial charge on any atom is -0.449 e. The molecule has 148 valence electrons. The van der Waals surface area contributed by atoms with Crippen LogP contribution in [-0.2, 0) is 6.18 Å². The van der Waals surface area contributed by atoms with Gasteiger partial charge in [-0.2, -0.15) is 13.2 Å². The van der Waals surface area contributed by atoms with Gasteiger partial charge in [-0.15, -0.1) is 0 Å². The summed E-state index contributed by atoms with van der Waals surface area (Å²) < 4.78 is 97.1. The van der Waals surface area contributed by atoms with E-state index in [1.54, 1.807) is 0 Å². The molecule has 3 N–H and O–H groups in total. The van der Waals surface area contributed by atoms with Gasteiger partial charge in [0.2, 0.25) is 0 Å². The number of benzene rings is 2. The second kappa shape index (κ2) is 8.01. The Balaban J connectivity index is 2.40. The normalized spacial score (nSPS) is 12.8. The van der Waals surface area contributed by atoms with Crippen molar-refractivity contribution < 1.29 is 45.7 Å². The number of alkyl halides is 3. The van der Waals surface area contributed by atoms with Crippen LogP contribution in [0, 0.1) is 23.3 Å². The first-order chi connectivity index (χ1) is 12.5. The smallest absolute Gasteiger partial charge is 0.416 e. The van der Waals surface area contributed by atoms with Crippen molar-refractivity contribution in [2.45, 2.75) is 12.3 Å². The summed E-state index contributed by atoms with van der Waals surface area (Å²) in [4.78, 5) is 0. The summed E-state index contributed by atoms with van der Waals surface area (Å²) in [5, 5.41) is 20.4. The van der Waals surface area contributed by atoms with Crippen LogP contribution in [0.1, 0.15) is 5.56 Å². The maximum absolute atomic E-state index is 13.9. The third kappa shape index (κ3) is 5.01. The van der Waals surface area contributed by atoms with E-state index in [9.17, 15) is 35.8 Å². The minimum atomic E-state index is -5.00. The van der Waals surface area contributed by atoms with E-state index >= 15 is 0 Å². The first kappa shape index (κ1) is 20.8. The van der Waals surface area contributed by atoms with Gasteiger partial charge in [0.25, 0.3) is 0 Å². The molecule has 0 radical (unpaired) electrons. The molecule has 11 heteroatoms. The van der Waals surface area contributed by atoms with Gasteiger partial charge in [0.05, 0.1) is 24.0 Å². The van der Waals surface area contributed by atoms with Crippen LogP contribution in [0.25, 0.3) is 0 Å². The van der Waals surface area contributed by atoms with Crippen LogP contribution in [0.5, 0.6) is 11.5 Å². The lowest BCUT2D eigenvalue weighted by atomic mass is 10.2. The molecule has 2 aromatic carbocycles. The Morgan fingerprint density at radius 1 is 0.926 bits per heavy atom. The van der Waals surface area contributed by atoms with Crippen LogP contribution in [-0.4, -0.2) is 29.5 Å². The van der Waals surface area contributed by atoms with Gasteiger partial charge in [-0.3, -0.25) is 0 Å². The lowest BCUT2D eigenvalue weighted by Crippen LogP contribution is -2.23. The molecule has 0 spiro atoms. The molecule has 0 aliphatic heterocycles. The molecular weight excluding hydrogens is 387 g/mol. The van der Waals surface area contributed by atoms with E-state index in [4.69, 9.17) is 9.84 Å². The molecule has 1 atom stereocenters. The standard InChI is InChI=1S/C16H12F7NO3/c17-9-3-13(24-5-8(26)6-25)14(4-10(9)18)27-15-11(19)1-7(2-12(15)20)16(21,22)23/h1-4,8,24-26H,5-6H2. The van der Waals surface area contributed by atoms with Crippen molar-refractivity contribution in [3.05, 3.63) is 53.1 Å². The van der Waals surface area contributed by atoms with Gasteiger partial charge in [-0.25, -0.2) is 17.6 Å². The molecule has 2 rings (SSSR count). The molecule has 0 saturated heterocycles. The predicted molar refractivity (Wildman–Crippen MR) is 79.4 cm³/mol. The topological polar surface area (TPSA) is 61.7 Å². The van der Waals surface area contributed by atoms with Gasteiger partial charge in [0.1, 0.15) is 0 Å². The molecule has 0 aliphatic carbocycles.